The lowest BCUT2D eigenvalue weighted by atomic mass is 10.3. The fourth-order valence-corrected chi connectivity index (χ4v) is 0. The van der Waals surface area contributed by atoms with E-state index < -0.39 is 21.8 Å². The first-order chi connectivity index (χ1) is 7.91. The minimum absolute atomic E-state index is 0. The molecule has 1 N–H and O–H groups in total. The Morgan fingerprint density at radius 3 is 0.591 bits per heavy atom. The van der Waals surface area contributed by atoms with Crippen molar-refractivity contribution in [2.75, 3.05) is 6.61 Å². The van der Waals surface area contributed by atoms with Crippen molar-refractivity contribution in [1.82, 2.24) is 0 Å². The number of halogens is 12. The summed E-state index contributed by atoms with van der Waals surface area (Å²) in [5, 5.41) is 7.88. The molecule has 0 radical (unpaired) electrons. The minimum Gasteiger partial charge on any atom is -0.418 e. The summed E-state index contributed by atoms with van der Waals surface area (Å²) in [6.45, 7) is 2.25. The molecule has 0 aliphatic rings. The van der Waals surface area contributed by atoms with Gasteiger partial charge in [0.25, 0.3) is 0 Å². The average Bonchev–Trinajstić information content (AvgIpc) is 1.93. The molecule has 146 valence electrons. The Balaban J connectivity index is -0.0000000262. The quantitative estimate of drug-likeness (QED) is 0.432. The van der Waals surface area contributed by atoms with Crippen LogP contribution >= 0.6 is 0 Å². The van der Waals surface area contributed by atoms with E-state index in [-0.39, 0.29) is 22.3 Å². The van der Waals surface area contributed by atoms with E-state index in [1.54, 1.807) is 0 Å². The molecular weight excluding hydrogens is 348 g/mol. The smallest absolute Gasteiger partial charge is 0.418 e. The largest absolute Gasteiger partial charge is 0.673 e. The van der Waals surface area contributed by atoms with Crippen molar-refractivity contribution < 1.29 is 56.9 Å². The van der Waals surface area contributed by atoms with Crippen molar-refractivity contribution in [2.45, 2.75) is 35.6 Å². The zero-order valence-corrected chi connectivity index (χ0v) is 9.13. The van der Waals surface area contributed by atoms with E-state index in [9.17, 15) is 51.8 Å². The first kappa shape index (κ1) is 42.9. The van der Waals surface area contributed by atoms with Crippen molar-refractivity contribution in [3.8, 4) is 0 Å². The molecule has 0 rings (SSSR count). The Kier molecular flexibility index (Phi) is 39.6. The summed E-state index contributed by atoms with van der Waals surface area (Å²) < 4.78 is 117. The van der Waals surface area contributed by atoms with Gasteiger partial charge >= 0.3 is 21.8 Å². The molecule has 0 aromatic heterocycles. The molecule has 0 unspecified atom stereocenters. The van der Waals surface area contributed by atoms with Crippen LogP contribution < -0.4 is 0 Å². The van der Waals surface area contributed by atoms with Crippen LogP contribution in [0.2, 0.25) is 0 Å². The molecule has 0 aliphatic carbocycles. The van der Waals surface area contributed by atoms with Gasteiger partial charge in [-0.15, -0.1) is 0 Å². The lowest BCUT2D eigenvalue weighted by molar-refractivity contribution is 0.295. The van der Waals surface area contributed by atoms with E-state index in [2.05, 4.69) is 0 Å². The van der Waals surface area contributed by atoms with Crippen LogP contribution in [0.25, 0.3) is 0 Å². The fourth-order valence-electron chi connectivity index (χ4n) is 0. The second-order valence-corrected chi connectivity index (χ2v) is 2.21. The summed E-state index contributed by atoms with van der Waals surface area (Å²) in [5.41, 5.74) is 0. The third-order valence-corrected chi connectivity index (χ3v) is 0.224. The van der Waals surface area contributed by atoms with Gasteiger partial charge in [0, 0.05) is 6.61 Å². The maximum absolute atomic E-state index is 9.75. The highest BCUT2D eigenvalue weighted by Crippen LogP contribution is 2.07. The molecule has 16 heteroatoms. The molecule has 0 fully saturated rings. The van der Waals surface area contributed by atoms with E-state index in [1.165, 1.54) is 0 Å². The number of aliphatic hydroxyl groups is 1. The maximum Gasteiger partial charge on any atom is 0.673 e. The Hall–Kier alpha value is -0.685. The van der Waals surface area contributed by atoms with Crippen LogP contribution in [0.4, 0.5) is 51.8 Å². The van der Waals surface area contributed by atoms with Gasteiger partial charge in [0.2, 0.25) is 0 Å². The van der Waals surface area contributed by atoms with E-state index in [0.717, 1.165) is 6.42 Å². The highest BCUT2D eigenvalue weighted by molar-refractivity contribution is 6.50. The fraction of sp³-hybridized carbons (Fsp3) is 1.00. The molecule has 0 saturated heterocycles. The van der Waals surface area contributed by atoms with E-state index in [1.807, 2.05) is 6.92 Å². The standard InChI is InChI=1S/C3H8O.3CH4.3BF4/c1-2-3-4;;;;3*2-1(3,4)5/h4H,2-3H2,1H3;3*1H4;;;/q;;;;3*-1. The van der Waals surface area contributed by atoms with Gasteiger partial charge in [-0.1, -0.05) is 29.2 Å². The summed E-state index contributed by atoms with van der Waals surface area (Å²) in [7, 11) is -18.0. The highest BCUT2D eigenvalue weighted by Gasteiger charge is 2.21. The van der Waals surface area contributed by atoms with Crippen molar-refractivity contribution in [2.24, 2.45) is 0 Å². The van der Waals surface area contributed by atoms with Crippen LogP contribution in [0.3, 0.4) is 0 Å². The predicted molar refractivity (Wildman–Crippen MR) is 68.1 cm³/mol. The molecule has 0 aromatic carbocycles. The van der Waals surface area contributed by atoms with Gasteiger partial charge in [-0.25, -0.2) is 0 Å². The second-order valence-electron chi connectivity index (χ2n) is 2.21. The summed E-state index contributed by atoms with van der Waals surface area (Å²) in [6, 6.07) is 0. The summed E-state index contributed by atoms with van der Waals surface area (Å²) in [5.74, 6) is 0. The summed E-state index contributed by atoms with van der Waals surface area (Å²) in [6.07, 6.45) is 0.875. The van der Waals surface area contributed by atoms with E-state index >= 15 is 0 Å². The molecule has 0 atom stereocenters. The molecule has 0 saturated carbocycles. The molecule has 0 heterocycles. The van der Waals surface area contributed by atoms with E-state index in [4.69, 9.17) is 5.11 Å². The first-order valence-electron chi connectivity index (χ1n) is 4.14. The molecule has 0 spiro atoms. The lowest BCUT2D eigenvalue weighted by Crippen LogP contribution is -2.02. The van der Waals surface area contributed by atoms with Gasteiger partial charge in [0.05, 0.1) is 0 Å². The van der Waals surface area contributed by atoms with Crippen molar-refractivity contribution in [3.05, 3.63) is 0 Å². The molecular formula is C6H20B3F12O-3. The Bertz CT molecular complexity index is 131. The van der Waals surface area contributed by atoms with Gasteiger partial charge in [0.15, 0.2) is 0 Å². The van der Waals surface area contributed by atoms with Crippen LogP contribution in [-0.4, -0.2) is 33.5 Å². The SMILES string of the molecule is C.C.C.CCCO.F[B-](F)(F)F.F[B-](F)(F)F.F[B-](F)(F)F. The zero-order valence-electron chi connectivity index (χ0n) is 9.13. The van der Waals surface area contributed by atoms with Crippen LogP contribution in [0.15, 0.2) is 0 Å². The van der Waals surface area contributed by atoms with Crippen LogP contribution in [-0.2, 0) is 0 Å². The Morgan fingerprint density at radius 2 is 0.591 bits per heavy atom. The molecule has 0 bridgehead atoms. The minimum atomic E-state index is -6.00. The maximum atomic E-state index is 9.75. The van der Waals surface area contributed by atoms with Gasteiger partial charge in [0.1, 0.15) is 0 Å². The molecule has 0 aromatic rings. The average molecular weight is 369 g/mol. The van der Waals surface area contributed by atoms with Gasteiger partial charge in [-0.2, -0.15) is 0 Å². The third-order valence-electron chi connectivity index (χ3n) is 0.224. The number of hydrogen-bond acceptors (Lipinski definition) is 1. The lowest BCUT2D eigenvalue weighted by Gasteiger charge is -1.94. The summed E-state index contributed by atoms with van der Waals surface area (Å²) in [4.78, 5) is 0. The Labute approximate surface area is 122 Å². The monoisotopic (exact) mass is 369 g/mol. The third kappa shape index (κ3) is 65400. The van der Waals surface area contributed by atoms with Crippen LogP contribution in [0.5, 0.6) is 0 Å². The zero-order chi connectivity index (χ0) is 16.9. The van der Waals surface area contributed by atoms with Crippen molar-refractivity contribution in [1.29, 1.82) is 0 Å². The van der Waals surface area contributed by atoms with Gasteiger partial charge in [-0.05, 0) is 6.42 Å². The molecule has 0 aliphatic heterocycles. The molecule has 0 amide bonds. The number of aliphatic hydroxyl groups excluding tert-OH is 1. The highest BCUT2D eigenvalue weighted by atomic mass is 19.5. The van der Waals surface area contributed by atoms with Crippen molar-refractivity contribution >= 4 is 21.8 Å². The van der Waals surface area contributed by atoms with Gasteiger partial charge in [-0.3, -0.25) is 0 Å². The van der Waals surface area contributed by atoms with Crippen molar-refractivity contribution in [3.63, 3.8) is 0 Å². The van der Waals surface area contributed by atoms with Crippen LogP contribution in [0, 0.1) is 0 Å². The second kappa shape index (κ2) is 20.3. The predicted octanol–water partition coefficient (Wildman–Crippen LogP) is 6.20. The first-order valence-corrected chi connectivity index (χ1v) is 4.14. The number of hydrogen-bond donors (Lipinski definition) is 1. The summed E-state index contributed by atoms with van der Waals surface area (Å²) >= 11 is 0. The van der Waals surface area contributed by atoms with Crippen LogP contribution in [0.1, 0.15) is 35.6 Å². The molecule has 22 heavy (non-hydrogen) atoms. The van der Waals surface area contributed by atoms with E-state index in [0.29, 0.717) is 6.61 Å². The number of rotatable bonds is 1. The van der Waals surface area contributed by atoms with Gasteiger partial charge < -0.3 is 56.9 Å². The molecule has 1 nitrogen and oxygen atoms in total. The Morgan fingerprint density at radius 1 is 0.545 bits per heavy atom. The topological polar surface area (TPSA) is 20.2 Å². The normalized spacial score (nSPS) is 9.55.